The van der Waals surface area contributed by atoms with Gasteiger partial charge < -0.3 is 10.4 Å². The molecule has 0 aliphatic heterocycles. The number of hydrogen-bond donors (Lipinski definition) is 2. The second-order valence-corrected chi connectivity index (χ2v) is 9.02. The Hall–Kier alpha value is -2.08. The molecule has 158 valence electrons. The van der Waals surface area contributed by atoms with Crippen molar-refractivity contribution < 1.29 is 9.90 Å². The Kier molecular flexibility index (Phi) is 8.55. The van der Waals surface area contributed by atoms with Crippen LogP contribution in [0.25, 0.3) is 0 Å². The number of anilines is 1. The van der Waals surface area contributed by atoms with E-state index < -0.39 is 5.97 Å². The molecule has 0 radical (unpaired) electrons. The molecule has 0 amide bonds. The number of rotatable bonds is 11. The summed E-state index contributed by atoms with van der Waals surface area (Å²) in [5, 5.41) is 14.4. The monoisotopic (exact) mass is 462 g/mol. The molecule has 0 fully saturated rings. The first-order chi connectivity index (χ1) is 14.5. The summed E-state index contributed by atoms with van der Waals surface area (Å²) in [6, 6.07) is 15.8. The van der Waals surface area contributed by atoms with Crippen LogP contribution in [-0.4, -0.2) is 22.6 Å². The van der Waals surface area contributed by atoms with Crippen molar-refractivity contribution in [1.29, 1.82) is 0 Å². The molecule has 2 N–H and O–H groups in total. The molecule has 4 nitrogen and oxygen atoms in total. The zero-order valence-corrected chi connectivity index (χ0v) is 18.8. The predicted molar refractivity (Wildman–Crippen MR) is 125 cm³/mol. The van der Waals surface area contributed by atoms with Crippen LogP contribution in [0.3, 0.4) is 0 Å². The zero-order chi connectivity index (χ0) is 21.3. The normalized spacial score (nSPS) is 11.0. The molecule has 3 rings (SSSR count). The Bertz CT molecular complexity index is 897. The smallest absolute Gasteiger partial charge is 0.303 e. The highest BCUT2D eigenvalue weighted by molar-refractivity contribution is 7.15. The summed E-state index contributed by atoms with van der Waals surface area (Å²) in [4.78, 5) is 16.2. The summed E-state index contributed by atoms with van der Waals surface area (Å²) in [5.74, 6) is -0.664. The van der Waals surface area contributed by atoms with Gasteiger partial charge in [-0.1, -0.05) is 60.3 Å². The Morgan fingerprint density at radius 3 is 2.07 bits per heavy atom. The third-order valence-electron chi connectivity index (χ3n) is 4.81. The molecule has 3 aromatic rings. The molecule has 0 saturated heterocycles. The number of thiazole rings is 1. The number of hydrogen-bond acceptors (Lipinski definition) is 4. The van der Waals surface area contributed by atoms with Gasteiger partial charge in [-0.3, -0.25) is 4.79 Å². The average molecular weight is 463 g/mol. The molecule has 0 atom stereocenters. The van der Waals surface area contributed by atoms with Gasteiger partial charge in [-0.2, -0.15) is 0 Å². The van der Waals surface area contributed by atoms with Crippen LogP contribution in [0, 0.1) is 0 Å². The van der Waals surface area contributed by atoms with Crippen LogP contribution in [0.1, 0.15) is 54.0 Å². The Balaban J connectivity index is 1.65. The summed E-state index contributed by atoms with van der Waals surface area (Å²) in [5.41, 5.74) is 2.30. The van der Waals surface area contributed by atoms with Crippen molar-refractivity contribution in [3.05, 3.63) is 80.8 Å². The molecule has 1 aromatic heterocycles. The molecule has 0 bridgehead atoms. The van der Waals surface area contributed by atoms with E-state index in [0.717, 1.165) is 53.4 Å². The molecule has 7 heteroatoms. The van der Waals surface area contributed by atoms with E-state index in [1.165, 1.54) is 0 Å². The number of aromatic nitrogens is 1. The highest BCUT2D eigenvalue weighted by atomic mass is 35.5. The fourth-order valence-electron chi connectivity index (χ4n) is 3.28. The number of unbranched alkanes of at least 4 members (excludes halogenated alkanes) is 3. The number of carbonyl (C=O) groups is 1. The van der Waals surface area contributed by atoms with Crippen molar-refractivity contribution in [2.45, 2.75) is 38.0 Å². The number of carboxylic acids is 1. The topological polar surface area (TPSA) is 62.2 Å². The molecular formula is C23H24Cl2N2O2S. The number of nitrogens with one attached hydrogen (secondary N) is 1. The van der Waals surface area contributed by atoms with Crippen LogP contribution in [-0.2, 0) is 4.79 Å². The lowest BCUT2D eigenvalue weighted by Gasteiger charge is -2.16. The van der Waals surface area contributed by atoms with Gasteiger partial charge in [0.1, 0.15) is 0 Å². The van der Waals surface area contributed by atoms with E-state index in [1.807, 2.05) is 54.7 Å². The lowest BCUT2D eigenvalue weighted by Crippen LogP contribution is -2.01. The van der Waals surface area contributed by atoms with Gasteiger partial charge in [0, 0.05) is 40.0 Å². The van der Waals surface area contributed by atoms with Crippen molar-refractivity contribution in [2.24, 2.45) is 0 Å². The van der Waals surface area contributed by atoms with Gasteiger partial charge in [-0.25, -0.2) is 4.98 Å². The standard InChI is InChI=1S/C23H24Cl2N2O2S/c24-18-10-6-16(7-11-18)22(17-8-12-19(25)13-9-17)20-15-27-23(30-20)26-14-4-2-1-3-5-21(28)29/h6-13,15,22H,1-5,14H2,(H,26,27)(H,28,29). The number of benzene rings is 2. The Morgan fingerprint density at radius 2 is 1.50 bits per heavy atom. The minimum Gasteiger partial charge on any atom is -0.481 e. The number of carboxylic acid groups (broad SMARTS) is 1. The largest absolute Gasteiger partial charge is 0.481 e. The maximum absolute atomic E-state index is 10.5. The maximum Gasteiger partial charge on any atom is 0.303 e. The first kappa shape index (κ1) is 22.6. The lowest BCUT2D eigenvalue weighted by molar-refractivity contribution is -0.137. The van der Waals surface area contributed by atoms with Crippen molar-refractivity contribution in [2.75, 3.05) is 11.9 Å². The maximum atomic E-state index is 10.5. The number of aliphatic carboxylic acids is 1. The predicted octanol–water partition coefficient (Wildman–Crippen LogP) is 7.08. The Morgan fingerprint density at radius 1 is 0.933 bits per heavy atom. The molecule has 0 saturated carbocycles. The van der Waals surface area contributed by atoms with Crippen molar-refractivity contribution in [3.63, 3.8) is 0 Å². The molecule has 0 aliphatic rings. The lowest BCUT2D eigenvalue weighted by atomic mass is 9.90. The quantitative estimate of drug-likeness (QED) is 0.298. The van der Waals surface area contributed by atoms with Gasteiger partial charge in [-0.15, -0.1) is 11.3 Å². The fraction of sp³-hybridized carbons (Fsp3) is 0.304. The van der Waals surface area contributed by atoms with Crippen LogP contribution in [0.15, 0.2) is 54.7 Å². The van der Waals surface area contributed by atoms with E-state index in [4.69, 9.17) is 28.3 Å². The number of nitrogens with zero attached hydrogens (tertiary/aromatic N) is 1. The zero-order valence-electron chi connectivity index (χ0n) is 16.5. The second-order valence-electron chi connectivity index (χ2n) is 7.09. The van der Waals surface area contributed by atoms with Gasteiger partial charge in [-0.05, 0) is 48.2 Å². The minimum absolute atomic E-state index is 0.0589. The molecule has 0 aliphatic carbocycles. The van der Waals surface area contributed by atoms with Crippen molar-refractivity contribution in [3.8, 4) is 0 Å². The molecule has 0 unspecified atom stereocenters. The van der Waals surface area contributed by atoms with Crippen LogP contribution >= 0.6 is 34.5 Å². The van der Waals surface area contributed by atoms with Gasteiger partial charge in [0.25, 0.3) is 0 Å². The van der Waals surface area contributed by atoms with Crippen LogP contribution in [0.5, 0.6) is 0 Å². The van der Waals surface area contributed by atoms with Gasteiger partial charge in [0.15, 0.2) is 5.13 Å². The summed E-state index contributed by atoms with van der Waals surface area (Å²) >= 11 is 13.8. The SMILES string of the molecule is O=C(O)CCCCCCNc1ncc(C(c2ccc(Cl)cc2)c2ccc(Cl)cc2)s1. The molecule has 2 aromatic carbocycles. The van der Waals surface area contributed by atoms with Crippen molar-refractivity contribution in [1.82, 2.24) is 4.98 Å². The van der Waals surface area contributed by atoms with Crippen LogP contribution in [0.4, 0.5) is 5.13 Å². The summed E-state index contributed by atoms with van der Waals surface area (Å²) in [6.07, 6.45) is 5.85. The first-order valence-corrected chi connectivity index (χ1v) is 11.5. The number of halogens is 2. The second kappa shape index (κ2) is 11.3. The van der Waals surface area contributed by atoms with Gasteiger partial charge in [0.05, 0.1) is 0 Å². The molecule has 0 spiro atoms. The average Bonchev–Trinajstić information content (AvgIpc) is 3.18. The molecule has 30 heavy (non-hydrogen) atoms. The molecule has 1 heterocycles. The van der Waals surface area contributed by atoms with E-state index in [9.17, 15) is 4.79 Å². The van der Waals surface area contributed by atoms with Crippen LogP contribution < -0.4 is 5.32 Å². The van der Waals surface area contributed by atoms with E-state index in [2.05, 4.69) is 10.3 Å². The third kappa shape index (κ3) is 6.73. The van der Waals surface area contributed by atoms with E-state index in [-0.39, 0.29) is 12.3 Å². The van der Waals surface area contributed by atoms with E-state index in [1.54, 1.807) is 11.3 Å². The van der Waals surface area contributed by atoms with Crippen molar-refractivity contribution >= 4 is 45.6 Å². The third-order valence-corrected chi connectivity index (χ3v) is 6.33. The highest BCUT2D eigenvalue weighted by Gasteiger charge is 2.19. The summed E-state index contributed by atoms with van der Waals surface area (Å²) in [7, 11) is 0. The van der Waals surface area contributed by atoms with E-state index in [0.29, 0.717) is 10.0 Å². The summed E-state index contributed by atoms with van der Waals surface area (Å²) < 4.78 is 0. The molecular weight excluding hydrogens is 439 g/mol. The van der Waals surface area contributed by atoms with Gasteiger partial charge >= 0.3 is 5.97 Å². The van der Waals surface area contributed by atoms with Gasteiger partial charge in [0.2, 0.25) is 0 Å². The minimum atomic E-state index is -0.723. The van der Waals surface area contributed by atoms with E-state index >= 15 is 0 Å². The Labute approximate surface area is 190 Å². The summed E-state index contributed by atoms with van der Waals surface area (Å²) in [6.45, 7) is 0.826. The highest BCUT2D eigenvalue weighted by Crippen LogP contribution is 2.37. The van der Waals surface area contributed by atoms with Crippen LogP contribution in [0.2, 0.25) is 10.0 Å². The fourth-order valence-corrected chi connectivity index (χ4v) is 4.53. The first-order valence-electron chi connectivity index (χ1n) is 9.95.